The van der Waals surface area contributed by atoms with E-state index < -0.39 is 0 Å². The number of aromatic amines is 1. The van der Waals surface area contributed by atoms with Crippen molar-refractivity contribution in [1.82, 2.24) is 29.2 Å². The van der Waals surface area contributed by atoms with Crippen LogP contribution in [0.4, 0.5) is 15.7 Å². The predicted octanol–water partition coefficient (Wildman–Crippen LogP) is 1.68. The molecule has 2 aliphatic rings. The van der Waals surface area contributed by atoms with Crippen molar-refractivity contribution in [3.8, 4) is 0 Å². The average molecular weight is 414 g/mol. The number of nitrogens with zero attached hydrogens (tertiary/aromatic N) is 6. The highest BCUT2D eigenvalue weighted by Gasteiger charge is 2.44. The van der Waals surface area contributed by atoms with Gasteiger partial charge >= 0.3 is 6.03 Å². The Labute approximate surface area is 171 Å². The van der Waals surface area contributed by atoms with Gasteiger partial charge in [0.1, 0.15) is 24.4 Å². The van der Waals surface area contributed by atoms with Gasteiger partial charge in [-0.25, -0.2) is 19.7 Å². The molecule has 0 radical (unpaired) electrons. The number of aliphatic hydroxyl groups is 1. The molecule has 2 fully saturated rings. The van der Waals surface area contributed by atoms with Crippen molar-refractivity contribution >= 4 is 39.5 Å². The fraction of sp³-hybridized carbons (Fsp3) is 0.500. The Balaban J connectivity index is 1.21. The summed E-state index contributed by atoms with van der Waals surface area (Å²) in [7, 11) is 2.10. The van der Waals surface area contributed by atoms with E-state index in [1.165, 1.54) is 0 Å². The van der Waals surface area contributed by atoms with Crippen LogP contribution in [0.25, 0.3) is 11.0 Å². The number of carbonyl (C=O) groups excluding carboxylic acids is 1. The van der Waals surface area contributed by atoms with Crippen molar-refractivity contribution < 1.29 is 9.90 Å². The SMILES string of the molecule is CN(c1ncnc2[nH]ccc12)C1CC2CN(C(=O)Nc3nc(CO)ns3)C[C@@H]2C1. The van der Waals surface area contributed by atoms with Gasteiger partial charge in [-0.15, -0.1) is 0 Å². The van der Waals surface area contributed by atoms with Crippen LogP contribution in [-0.2, 0) is 6.61 Å². The van der Waals surface area contributed by atoms with E-state index in [1.54, 1.807) is 6.33 Å². The van der Waals surface area contributed by atoms with E-state index in [4.69, 9.17) is 5.11 Å². The zero-order chi connectivity index (χ0) is 20.0. The molecule has 3 aromatic heterocycles. The number of rotatable bonds is 4. The van der Waals surface area contributed by atoms with E-state index in [0.717, 1.165) is 54.3 Å². The summed E-state index contributed by atoms with van der Waals surface area (Å²) in [5, 5.41) is 13.3. The summed E-state index contributed by atoms with van der Waals surface area (Å²) in [6, 6.07) is 2.27. The molecule has 0 aromatic carbocycles. The largest absolute Gasteiger partial charge is 0.388 e. The quantitative estimate of drug-likeness (QED) is 0.593. The zero-order valence-electron chi connectivity index (χ0n) is 15.9. The molecule has 4 heterocycles. The Bertz CT molecular complexity index is 1020. The molecule has 10 nitrogen and oxygen atoms in total. The van der Waals surface area contributed by atoms with E-state index in [9.17, 15) is 4.79 Å². The number of amides is 2. The van der Waals surface area contributed by atoms with Crippen LogP contribution in [0, 0.1) is 11.8 Å². The molecule has 2 amide bonds. The molecule has 1 saturated heterocycles. The summed E-state index contributed by atoms with van der Waals surface area (Å²) in [5.74, 6) is 2.25. The first-order valence-electron chi connectivity index (χ1n) is 9.62. The van der Waals surface area contributed by atoms with Gasteiger partial charge in [-0.3, -0.25) is 5.32 Å². The van der Waals surface area contributed by atoms with Crippen LogP contribution in [0.1, 0.15) is 18.7 Å². The van der Waals surface area contributed by atoms with Gasteiger partial charge in [0, 0.05) is 43.9 Å². The van der Waals surface area contributed by atoms with E-state index in [-0.39, 0.29) is 12.6 Å². The van der Waals surface area contributed by atoms with Crippen molar-refractivity contribution in [3.05, 3.63) is 24.4 Å². The standard InChI is InChI=1S/C18H22N8O2S/c1-25(16-13-2-3-19-15(13)20-9-21-16)12-4-10-6-26(7-11(10)5-12)18(28)23-17-22-14(8-27)24-29-17/h2-3,9-12,27H,4-8H2,1H3,(H,19,20,21)(H,22,23,24,28)/t10-,11?,12?/m0/s1. The first kappa shape index (κ1) is 18.3. The monoisotopic (exact) mass is 414 g/mol. The Kier molecular flexibility index (Phi) is 4.55. The minimum Gasteiger partial charge on any atom is -0.388 e. The number of anilines is 2. The van der Waals surface area contributed by atoms with E-state index in [2.05, 4.69) is 41.6 Å². The number of nitrogens with one attached hydrogen (secondary N) is 2. The van der Waals surface area contributed by atoms with Crippen molar-refractivity contribution in [2.75, 3.05) is 30.4 Å². The minimum atomic E-state index is -0.226. The third-order valence-electron chi connectivity index (χ3n) is 6.05. The summed E-state index contributed by atoms with van der Waals surface area (Å²) in [4.78, 5) is 32.7. The maximum Gasteiger partial charge on any atom is 0.323 e. The number of likely N-dealkylation sites (tertiary alicyclic amines) is 1. The maximum atomic E-state index is 12.6. The van der Waals surface area contributed by atoms with Crippen LogP contribution >= 0.6 is 11.5 Å². The fourth-order valence-corrected chi connectivity index (χ4v) is 5.17. The molecular weight excluding hydrogens is 392 g/mol. The molecule has 1 aliphatic carbocycles. The molecule has 152 valence electrons. The van der Waals surface area contributed by atoms with Crippen molar-refractivity contribution in [2.24, 2.45) is 11.8 Å². The summed E-state index contributed by atoms with van der Waals surface area (Å²) < 4.78 is 3.98. The number of hydrogen-bond donors (Lipinski definition) is 3. The third kappa shape index (κ3) is 3.29. The van der Waals surface area contributed by atoms with E-state index in [1.807, 2.05) is 17.2 Å². The van der Waals surface area contributed by atoms with E-state index >= 15 is 0 Å². The number of hydrogen-bond acceptors (Lipinski definition) is 8. The molecule has 3 atom stereocenters. The van der Waals surface area contributed by atoms with Crippen LogP contribution in [-0.4, -0.2) is 66.5 Å². The lowest BCUT2D eigenvalue weighted by molar-refractivity contribution is 0.218. The molecule has 0 spiro atoms. The van der Waals surface area contributed by atoms with Crippen LogP contribution in [0.3, 0.4) is 0 Å². The van der Waals surface area contributed by atoms with Crippen molar-refractivity contribution in [1.29, 1.82) is 0 Å². The highest BCUT2D eigenvalue weighted by Crippen LogP contribution is 2.41. The number of aromatic nitrogens is 5. The maximum absolute atomic E-state index is 12.6. The first-order chi connectivity index (χ1) is 14.1. The van der Waals surface area contributed by atoms with Gasteiger partial charge in [0.2, 0.25) is 5.13 Å². The Morgan fingerprint density at radius 2 is 2.17 bits per heavy atom. The number of aliphatic hydroxyl groups excluding tert-OH is 1. The van der Waals surface area contributed by atoms with Crippen LogP contribution in [0.2, 0.25) is 0 Å². The molecule has 29 heavy (non-hydrogen) atoms. The van der Waals surface area contributed by atoms with Gasteiger partial charge in [-0.1, -0.05) is 0 Å². The van der Waals surface area contributed by atoms with Gasteiger partial charge in [0.25, 0.3) is 0 Å². The van der Waals surface area contributed by atoms with Gasteiger partial charge in [-0.2, -0.15) is 4.37 Å². The second kappa shape index (κ2) is 7.23. The fourth-order valence-electron chi connectivity index (χ4n) is 4.60. The molecule has 5 rings (SSSR count). The molecular formula is C18H22N8O2S. The van der Waals surface area contributed by atoms with Gasteiger partial charge in [-0.05, 0) is 30.7 Å². The lowest BCUT2D eigenvalue weighted by Gasteiger charge is -2.27. The number of fused-ring (bicyclic) bond motifs is 2. The van der Waals surface area contributed by atoms with Crippen molar-refractivity contribution in [3.63, 3.8) is 0 Å². The summed E-state index contributed by atoms with van der Waals surface area (Å²) >= 11 is 1.09. The third-order valence-corrected chi connectivity index (χ3v) is 6.72. The van der Waals surface area contributed by atoms with Gasteiger partial charge < -0.3 is 19.9 Å². The zero-order valence-corrected chi connectivity index (χ0v) is 16.8. The van der Waals surface area contributed by atoms with Crippen molar-refractivity contribution in [2.45, 2.75) is 25.5 Å². The second-order valence-corrected chi connectivity index (χ2v) is 8.45. The molecule has 11 heteroatoms. The van der Waals surface area contributed by atoms with Gasteiger partial charge in [0.05, 0.1) is 5.39 Å². The molecule has 2 unspecified atom stereocenters. The summed E-state index contributed by atoms with van der Waals surface area (Å²) in [5.41, 5.74) is 0.851. The second-order valence-electron chi connectivity index (χ2n) is 7.70. The molecule has 0 bridgehead atoms. The van der Waals surface area contributed by atoms with Crippen LogP contribution in [0.5, 0.6) is 0 Å². The normalized spacial score (nSPS) is 23.5. The number of carbonyl (C=O) groups is 1. The molecule has 1 saturated carbocycles. The number of urea groups is 1. The highest BCUT2D eigenvalue weighted by atomic mass is 32.1. The first-order valence-corrected chi connectivity index (χ1v) is 10.4. The summed E-state index contributed by atoms with van der Waals surface area (Å²) in [6.07, 6.45) is 5.56. The Morgan fingerprint density at radius 1 is 1.38 bits per heavy atom. The Morgan fingerprint density at radius 3 is 2.90 bits per heavy atom. The van der Waals surface area contributed by atoms with E-state index in [0.29, 0.717) is 28.8 Å². The summed E-state index contributed by atoms with van der Waals surface area (Å²) in [6.45, 7) is 1.27. The molecule has 3 N–H and O–H groups in total. The number of H-pyrrole nitrogens is 1. The Hall–Kier alpha value is -2.79. The topological polar surface area (TPSA) is 123 Å². The predicted molar refractivity (Wildman–Crippen MR) is 109 cm³/mol. The lowest BCUT2D eigenvalue weighted by atomic mass is 10.0. The lowest BCUT2D eigenvalue weighted by Crippen LogP contribution is -2.36. The molecule has 1 aliphatic heterocycles. The average Bonchev–Trinajstić information content (AvgIpc) is 3.48. The smallest absolute Gasteiger partial charge is 0.323 e. The van der Waals surface area contributed by atoms with Gasteiger partial charge in [0.15, 0.2) is 5.82 Å². The van der Waals surface area contributed by atoms with Crippen LogP contribution < -0.4 is 10.2 Å². The van der Waals surface area contributed by atoms with Crippen LogP contribution in [0.15, 0.2) is 18.6 Å². The molecule has 3 aromatic rings. The highest BCUT2D eigenvalue weighted by molar-refractivity contribution is 7.09. The minimum absolute atomic E-state index is 0.144.